The second kappa shape index (κ2) is 8.17. The minimum Gasteiger partial charge on any atom is -0.352 e. The van der Waals surface area contributed by atoms with Gasteiger partial charge in [0.25, 0.3) is 5.56 Å². The molecule has 1 fully saturated rings. The van der Waals surface area contributed by atoms with Crippen molar-refractivity contribution >= 4 is 22.7 Å². The molecule has 0 bridgehead atoms. The zero-order valence-corrected chi connectivity index (χ0v) is 15.1. The molecule has 0 spiro atoms. The van der Waals surface area contributed by atoms with E-state index in [0.29, 0.717) is 5.56 Å². The molecule has 3 rings (SSSR count). The highest BCUT2D eigenvalue weighted by atomic mass is 16.2. The minimum absolute atomic E-state index is 0.00927. The lowest BCUT2D eigenvalue weighted by Crippen LogP contribution is -2.43. The third-order valence-corrected chi connectivity index (χ3v) is 4.88. The van der Waals surface area contributed by atoms with Crippen LogP contribution >= 0.6 is 0 Å². The van der Waals surface area contributed by atoms with Crippen molar-refractivity contribution in [1.29, 1.82) is 0 Å². The Morgan fingerprint density at radius 2 is 1.88 bits per heavy atom. The maximum Gasteiger partial charge on any atom is 0.251 e. The average Bonchev–Trinajstić information content (AvgIpc) is 2.62. The number of aromatic nitrogens is 1. The molecule has 2 amide bonds. The number of carbonyl (C=O) groups excluding carboxylic acids is 2. The number of aromatic amines is 1. The molecule has 2 aromatic rings. The van der Waals surface area contributed by atoms with Gasteiger partial charge in [-0.15, -0.1) is 0 Å². The summed E-state index contributed by atoms with van der Waals surface area (Å²) in [5.41, 5.74) is 2.12. The zero-order valence-electron chi connectivity index (χ0n) is 15.1. The van der Waals surface area contributed by atoms with Crippen LogP contribution in [0.4, 0.5) is 0 Å². The van der Waals surface area contributed by atoms with Crippen LogP contribution in [0.25, 0.3) is 10.9 Å². The fourth-order valence-electron chi connectivity index (χ4n) is 3.43. The van der Waals surface area contributed by atoms with E-state index in [9.17, 15) is 14.4 Å². The van der Waals surface area contributed by atoms with Crippen LogP contribution in [0.5, 0.6) is 0 Å². The molecule has 1 saturated carbocycles. The van der Waals surface area contributed by atoms with Gasteiger partial charge in [0.05, 0.1) is 13.0 Å². The molecule has 1 aromatic heterocycles. The molecule has 0 unspecified atom stereocenters. The van der Waals surface area contributed by atoms with E-state index >= 15 is 0 Å². The summed E-state index contributed by atoms with van der Waals surface area (Å²) < 4.78 is 0. The highest BCUT2D eigenvalue weighted by Crippen LogP contribution is 2.17. The van der Waals surface area contributed by atoms with Crippen molar-refractivity contribution < 1.29 is 9.59 Å². The molecular formula is C20H25N3O3. The number of hydrogen-bond acceptors (Lipinski definition) is 3. The molecule has 0 aliphatic heterocycles. The quantitative estimate of drug-likeness (QED) is 0.765. The van der Waals surface area contributed by atoms with Crippen LogP contribution in [0.2, 0.25) is 0 Å². The van der Waals surface area contributed by atoms with Crippen molar-refractivity contribution in [2.45, 2.75) is 51.5 Å². The van der Waals surface area contributed by atoms with E-state index in [2.05, 4.69) is 15.6 Å². The van der Waals surface area contributed by atoms with Gasteiger partial charge in [0.15, 0.2) is 0 Å². The molecule has 26 heavy (non-hydrogen) atoms. The zero-order chi connectivity index (χ0) is 18.5. The number of H-pyrrole nitrogens is 1. The lowest BCUT2D eigenvalue weighted by molar-refractivity contribution is -0.126. The molecule has 1 aliphatic rings. The van der Waals surface area contributed by atoms with Crippen molar-refractivity contribution in [3.05, 3.63) is 45.7 Å². The van der Waals surface area contributed by atoms with Crippen LogP contribution in [-0.2, 0) is 16.0 Å². The Hall–Kier alpha value is -2.63. The number of carbonyl (C=O) groups is 2. The normalized spacial score (nSPS) is 15.0. The molecule has 3 N–H and O–H groups in total. The molecule has 0 radical (unpaired) electrons. The molecule has 1 aromatic carbocycles. The van der Waals surface area contributed by atoms with Crippen molar-refractivity contribution in [2.75, 3.05) is 6.54 Å². The molecule has 1 heterocycles. The molecule has 6 nitrogen and oxygen atoms in total. The Labute approximate surface area is 152 Å². The van der Waals surface area contributed by atoms with Gasteiger partial charge in [-0.3, -0.25) is 14.4 Å². The fraction of sp³-hybridized carbons (Fsp3) is 0.450. The van der Waals surface area contributed by atoms with Crippen LogP contribution in [0.15, 0.2) is 29.1 Å². The smallest absolute Gasteiger partial charge is 0.251 e. The Kier molecular flexibility index (Phi) is 5.71. The first-order valence-corrected chi connectivity index (χ1v) is 9.20. The second-order valence-corrected chi connectivity index (χ2v) is 7.06. The first kappa shape index (κ1) is 18.2. The van der Waals surface area contributed by atoms with Gasteiger partial charge in [-0.2, -0.15) is 0 Å². The van der Waals surface area contributed by atoms with Crippen molar-refractivity contribution in [1.82, 2.24) is 15.6 Å². The topological polar surface area (TPSA) is 91.1 Å². The van der Waals surface area contributed by atoms with Gasteiger partial charge >= 0.3 is 0 Å². The van der Waals surface area contributed by atoms with Crippen molar-refractivity contribution in [3.63, 3.8) is 0 Å². The van der Waals surface area contributed by atoms with E-state index in [1.807, 2.05) is 18.2 Å². The summed E-state index contributed by atoms with van der Waals surface area (Å²) in [4.78, 5) is 38.5. The van der Waals surface area contributed by atoms with E-state index in [4.69, 9.17) is 0 Å². The SMILES string of the molecule is Cc1cc2cc(CC(=O)NCC(=O)NC3CCCCC3)ccc2[nH]c1=O. The van der Waals surface area contributed by atoms with Gasteiger partial charge < -0.3 is 15.6 Å². The molecule has 0 saturated heterocycles. The lowest BCUT2D eigenvalue weighted by Gasteiger charge is -2.22. The first-order valence-electron chi connectivity index (χ1n) is 9.20. The summed E-state index contributed by atoms with van der Waals surface area (Å²) in [6, 6.07) is 7.57. The Morgan fingerprint density at radius 1 is 1.12 bits per heavy atom. The Morgan fingerprint density at radius 3 is 2.65 bits per heavy atom. The molecule has 0 atom stereocenters. The van der Waals surface area contributed by atoms with Crippen LogP contribution in [0.1, 0.15) is 43.2 Å². The molecule has 138 valence electrons. The number of pyridine rings is 1. The number of fused-ring (bicyclic) bond motifs is 1. The Bertz CT molecular complexity index is 866. The summed E-state index contributed by atoms with van der Waals surface area (Å²) in [5, 5.41) is 6.56. The minimum atomic E-state index is -0.190. The van der Waals surface area contributed by atoms with Gasteiger partial charge in [-0.1, -0.05) is 25.3 Å². The van der Waals surface area contributed by atoms with Crippen LogP contribution in [0, 0.1) is 6.92 Å². The van der Waals surface area contributed by atoms with E-state index in [-0.39, 0.29) is 36.4 Å². The number of hydrogen-bond donors (Lipinski definition) is 3. The number of aryl methyl sites for hydroxylation is 1. The third kappa shape index (κ3) is 4.71. The summed E-state index contributed by atoms with van der Waals surface area (Å²) in [6.07, 6.45) is 5.80. The standard InChI is InChI=1S/C20H25N3O3/c1-13-9-15-10-14(7-8-17(15)23-20(13)26)11-18(24)21-12-19(25)22-16-5-3-2-4-6-16/h7-10,16H,2-6,11-12H2,1H3,(H,21,24)(H,22,25)(H,23,26). The highest BCUT2D eigenvalue weighted by molar-refractivity contribution is 5.87. The summed E-state index contributed by atoms with van der Waals surface area (Å²) >= 11 is 0. The number of nitrogens with one attached hydrogen (secondary N) is 3. The third-order valence-electron chi connectivity index (χ3n) is 4.88. The predicted molar refractivity (Wildman–Crippen MR) is 101 cm³/mol. The average molecular weight is 355 g/mol. The largest absolute Gasteiger partial charge is 0.352 e. The summed E-state index contributed by atoms with van der Waals surface area (Å²) in [7, 11) is 0. The Balaban J connectivity index is 1.52. The van der Waals surface area contributed by atoms with Gasteiger partial charge in [-0.05, 0) is 48.9 Å². The summed E-state index contributed by atoms with van der Waals surface area (Å²) in [5.74, 6) is -0.318. The molecule has 6 heteroatoms. The van der Waals surface area contributed by atoms with Gasteiger partial charge in [-0.25, -0.2) is 0 Å². The van der Waals surface area contributed by atoms with E-state index in [0.717, 1.165) is 42.1 Å². The highest BCUT2D eigenvalue weighted by Gasteiger charge is 2.16. The van der Waals surface area contributed by atoms with Crippen LogP contribution in [0.3, 0.4) is 0 Å². The van der Waals surface area contributed by atoms with E-state index in [1.54, 1.807) is 13.0 Å². The second-order valence-electron chi connectivity index (χ2n) is 7.06. The maximum atomic E-state index is 12.1. The van der Waals surface area contributed by atoms with Gasteiger partial charge in [0.1, 0.15) is 0 Å². The predicted octanol–water partition coefficient (Wildman–Crippen LogP) is 1.94. The van der Waals surface area contributed by atoms with E-state index in [1.165, 1.54) is 6.42 Å². The monoisotopic (exact) mass is 355 g/mol. The fourth-order valence-corrected chi connectivity index (χ4v) is 3.43. The summed E-state index contributed by atoms with van der Waals surface area (Å²) in [6.45, 7) is 1.76. The number of rotatable bonds is 5. The maximum absolute atomic E-state index is 12.1. The van der Waals surface area contributed by atoms with E-state index < -0.39 is 0 Å². The lowest BCUT2D eigenvalue weighted by atomic mass is 9.95. The van der Waals surface area contributed by atoms with Crippen molar-refractivity contribution in [3.8, 4) is 0 Å². The molecule has 1 aliphatic carbocycles. The number of amides is 2. The van der Waals surface area contributed by atoms with Crippen LogP contribution < -0.4 is 16.2 Å². The van der Waals surface area contributed by atoms with Gasteiger partial charge in [0.2, 0.25) is 11.8 Å². The van der Waals surface area contributed by atoms with Gasteiger partial charge in [0, 0.05) is 17.1 Å². The van der Waals surface area contributed by atoms with Crippen molar-refractivity contribution in [2.24, 2.45) is 0 Å². The number of benzene rings is 1. The first-order chi connectivity index (χ1) is 12.5. The molecular weight excluding hydrogens is 330 g/mol. The van der Waals surface area contributed by atoms with Crippen LogP contribution in [-0.4, -0.2) is 29.4 Å².